The molecule has 0 N–H and O–H groups in total. The van der Waals surface area contributed by atoms with Crippen LogP contribution in [0.2, 0.25) is 0 Å². The molecule has 4 aliphatic rings. The fourth-order valence-corrected chi connectivity index (χ4v) is 15.0. The van der Waals surface area contributed by atoms with Gasteiger partial charge in [0.05, 0.1) is 28.1 Å². The Labute approximate surface area is 492 Å². The van der Waals surface area contributed by atoms with E-state index in [0.29, 0.717) is 23.5 Å². The summed E-state index contributed by atoms with van der Waals surface area (Å²) in [5.74, 6) is 2.18. The van der Waals surface area contributed by atoms with Crippen molar-refractivity contribution < 1.29 is 0 Å². The third kappa shape index (κ3) is 7.15. The van der Waals surface area contributed by atoms with E-state index < -0.39 is 0 Å². The number of rotatable bonds is 7. The Hall–Kier alpha value is -10.7. The molecule has 0 amide bonds. The normalized spacial score (nSPS) is 16.0. The molecule has 3 aliphatic carbocycles. The van der Waals surface area contributed by atoms with E-state index in [1.54, 1.807) is 0 Å². The summed E-state index contributed by atoms with van der Waals surface area (Å²) in [7, 11) is 0. The Bertz CT molecular complexity index is 5130. The van der Waals surface area contributed by atoms with Crippen LogP contribution in [0.1, 0.15) is 41.7 Å². The molecule has 4 heterocycles. The number of para-hydroxylation sites is 3. The quantitative estimate of drug-likeness (QED) is 0.160. The molecule has 0 bridgehead atoms. The van der Waals surface area contributed by atoms with Gasteiger partial charge in [-0.25, -0.2) is 4.98 Å². The fraction of sp³-hybridized carbons (Fsp3) is 0.0759. The van der Waals surface area contributed by atoms with Crippen LogP contribution in [0.5, 0.6) is 0 Å². The lowest BCUT2D eigenvalue weighted by Gasteiger charge is -2.35. The van der Waals surface area contributed by atoms with Gasteiger partial charge in [-0.1, -0.05) is 202 Å². The molecular weight excluding hydrogens is 1030 g/mol. The molecule has 0 spiro atoms. The maximum absolute atomic E-state index is 5.35. The van der Waals surface area contributed by atoms with Gasteiger partial charge in [0.2, 0.25) is 5.95 Å². The minimum Gasteiger partial charge on any atom is -0.333 e. The van der Waals surface area contributed by atoms with Crippen molar-refractivity contribution in [3.8, 4) is 67.8 Å². The van der Waals surface area contributed by atoms with Crippen molar-refractivity contribution in [3.63, 3.8) is 0 Å². The molecule has 6 nitrogen and oxygen atoms in total. The molecule has 0 saturated carbocycles. The predicted molar refractivity (Wildman–Crippen MR) is 350 cm³/mol. The van der Waals surface area contributed by atoms with Crippen LogP contribution >= 0.6 is 0 Å². The highest BCUT2D eigenvalue weighted by atomic mass is 15.2. The molecule has 6 heteroatoms. The largest absolute Gasteiger partial charge is 0.333 e. The molecular formula is C79H54N6. The van der Waals surface area contributed by atoms with Gasteiger partial charge >= 0.3 is 0 Å². The van der Waals surface area contributed by atoms with Crippen LogP contribution in [0.15, 0.2) is 267 Å². The van der Waals surface area contributed by atoms with Crippen molar-refractivity contribution >= 4 is 66.1 Å². The first-order valence-electron chi connectivity index (χ1n) is 29.6. The maximum atomic E-state index is 5.35. The number of allylic oxidation sites excluding steroid dienone is 2. The molecule has 0 fully saturated rings. The summed E-state index contributed by atoms with van der Waals surface area (Å²) in [4.78, 5) is 18.4. The smallest absolute Gasteiger partial charge is 0.238 e. The Morgan fingerprint density at radius 3 is 1.55 bits per heavy atom. The number of fused-ring (bicyclic) bond motifs is 16. The average Bonchev–Trinajstić information content (AvgIpc) is 2.39. The molecule has 0 radical (unpaired) electrons. The molecule has 2 atom stereocenters. The summed E-state index contributed by atoms with van der Waals surface area (Å²) in [6, 6.07) is 93.5. The standard InChI is InChI=1S/C79H54N6/c1-79(2)68-37-31-50(52-33-39-71-63(43-52)60-36-35-58-57-28-16-15-23-54(57)45-67(58)75(60)84(71)56-26-13-6-14-27-56)41-61(68)62-42-51(32-38-69(62)79)53-34-40-72-64(44-53)66-47-73-65(59-29-17-18-30-70(59)83(73)55-24-11-5-12-25-55)46-74(66)85(72)78-81-76(48-19-7-3-8-20-48)80-77(82-78)49-21-9-4-10-22-49/h3-44,46-47,67,75H,45H2,1-2H3. The number of hydrogen-bond acceptors (Lipinski definition) is 4. The number of hydrogen-bond donors (Lipinski definition) is 0. The molecule has 85 heavy (non-hydrogen) atoms. The Balaban J connectivity index is 0.796. The van der Waals surface area contributed by atoms with Gasteiger partial charge in [0.1, 0.15) is 0 Å². The zero-order chi connectivity index (χ0) is 56.1. The second-order valence-electron chi connectivity index (χ2n) is 23.9. The van der Waals surface area contributed by atoms with Crippen LogP contribution in [0.3, 0.4) is 0 Å². The molecule has 18 rings (SSSR count). The monoisotopic (exact) mass is 1090 g/mol. The lowest BCUT2D eigenvalue weighted by Crippen LogP contribution is -2.35. The first kappa shape index (κ1) is 47.9. The van der Waals surface area contributed by atoms with Gasteiger partial charge in [0.15, 0.2) is 11.6 Å². The van der Waals surface area contributed by atoms with E-state index in [-0.39, 0.29) is 11.5 Å². The van der Waals surface area contributed by atoms with Crippen LogP contribution in [0.4, 0.5) is 11.4 Å². The van der Waals surface area contributed by atoms with E-state index >= 15 is 0 Å². The predicted octanol–water partition coefficient (Wildman–Crippen LogP) is 19.2. The van der Waals surface area contributed by atoms with E-state index in [2.05, 4.69) is 258 Å². The van der Waals surface area contributed by atoms with E-state index in [4.69, 9.17) is 15.0 Å². The summed E-state index contributed by atoms with van der Waals surface area (Å²) in [5.41, 5.74) is 26.7. The Morgan fingerprint density at radius 2 is 0.871 bits per heavy atom. The third-order valence-electron chi connectivity index (χ3n) is 19.0. The Morgan fingerprint density at radius 1 is 0.365 bits per heavy atom. The van der Waals surface area contributed by atoms with Crippen LogP contribution in [0, 0.1) is 5.92 Å². The van der Waals surface area contributed by atoms with Gasteiger partial charge in [-0.2, -0.15) is 9.97 Å². The van der Waals surface area contributed by atoms with Crippen molar-refractivity contribution in [3.05, 3.63) is 295 Å². The van der Waals surface area contributed by atoms with Gasteiger partial charge in [-0.05, 0) is 152 Å². The lowest BCUT2D eigenvalue weighted by molar-refractivity contribution is 0.615. The second-order valence-corrected chi connectivity index (χ2v) is 23.9. The van der Waals surface area contributed by atoms with Crippen molar-refractivity contribution in [2.24, 2.45) is 5.92 Å². The number of aromatic nitrogens is 5. The topological polar surface area (TPSA) is 51.8 Å². The van der Waals surface area contributed by atoms with Crippen molar-refractivity contribution in [1.82, 2.24) is 24.1 Å². The van der Waals surface area contributed by atoms with Crippen LogP contribution in [-0.2, 0) is 11.8 Å². The summed E-state index contributed by atoms with van der Waals surface area (Å²) in [6.45, 7) is 4.76. The van der Waals surface area contributed by atoms with Crippen molar-refractivity contribution in [1.29, 1.82) is 0 Å². The summed E-state index contributed by atoms with van der Waals surface area (Å²) < 4.78 is 4.67. The van der Waals surface area contributed by atoms with Crippen molar-refractivity contribution in [2.75, 3.05) is 4.90 Å². The van der Waals surface area contributed by atoms with Gasteiger partial charge in [0, 0.05) is 66.6 Å². The van der Waals surface area contributed by atoms with Crippen LogP contribution in [-0.4, -0.2) is 30.1 Å². The SMILES string of the molecule is CC1(C)c2ccc(-c3ccc4c(c3)C3=CC=C5c6ccccc6CC5C3N4c3ccccc3)cc2-c2cc(-c3ccc4c(c3)c3cc5c(cc3n4-c3nc(-c4ccccc4)nc(-c4ccccc4)n3)c3ccccc3n5-c3ccccc3)ccc21. The lowest BCUT2D eigenvalue weighted by atomic mass is 9.81. The highest BCUT2D eigenvalue weighted by molar-refractivity contribution is 6.19. The summed E-state index contributed by atoms with van der Waals surface area (Å²) in [5, 5.41) is 4.58. The van der Waals surface area contributed by atoms with E-state index in [1.807, 2.05) is 36.4 Å². The van der Waals surface area contributed by atoms with Gasteiger partial charge in [-0.15, -0.1) is 0 Å². The summed E-state index contributed by atoms with van der Waals surface area (Å²) >= 11 is 0. The molecule has 14 aromatic rings. The summed E-state index contributed by atoms with van der Waals surface area (Å²) in [6.07, 6.45) is 5.88. The van der Waals surface area contributed by atoms with Gasteiger partial charge in [-0.3, -0.25) is 4.57 Å². The average molecular weight is 1090 g/mol. The van der Waals surface area contributed by atoms with Crippen molar-refractivity contribution in [2.45, 2.75) is 31.7 Å². The zero-order valence-electron chi connectivity index (χ0n) is 46.9. The fourth-order valence-electron chi connectivity index (χ4n) is 15.0. The minimum absolute atomic E-state index is 0.180. The zero-order valence-corrected chi connectivity index (χ0v) is 46.9. The van der Waals surface area contributed by atoms with Gasteiger partial charge in [0.25, 0.3) is 0 Å². The number of anilines is 2. The third-order valence-corrected chi connectivity index (χ3v) is 19.0. The molecule has 400 valence electrons. The first-order valence-corrected chi connectivity index (χ1v) is 29.6. The molecule has 0 saturated heterocycles. The van der Waals surface area contributed by atoms with Gasteiger partial charge < -0.3 is 9.47 Å². The molecule has 1 aliphatic heterocycles. The first-order chi connectivity index (χ1) is 41.9. The number of benzene rings is 11. The maximum Gasteiger partial charge on any atom is 0.238 e. The molecule has 11 aromatic carbocycles. The molecule has 2 unspecified atom stereocenters. The second kappa shape index (κ2) is 18.2. The Kier molecular flexibility index (Phi) is 10.2. The van der Waals surface area contributed by atoms with Crippen LogP contribution in [0.25, 0.3) is 123 Å². The highest BCUT2D eigenvalue weighted by Gasteiger charge is 2.46. The van der Waals surface area contributed by atoms with E-state index in [0.717, 1.165) is 67.0 Å². The minimum atomic E-state index is -0.180. The molecule has 3 aromatic heterocycles. The van der Waals surface area contributed by atoms with Crippen LogP contribution < -0.4 is 4.90 Å². The number of nitrogens with zero attached hydrogens (tertiary/aromatic N) is 6. The highest BCUT2D eigenvalue weighted by Crippen LogP contribution is 2.57. The van der Waals surface area contributed by atoms with E-state index in [9.17, 15) is 0 Å². The van der Waals surface area contributed by atoms with E-state index in [1.165, 1.54) is 83.5 Å².